The second kappa shape index (κ2) is 5.43. The first-order valence-electron chi connectivity index (χ1n) is 5.99. The number of carbonyl (C=O) groups is 1. The quantitative estimate of drug-likeness (QED) is 0.855. The van der Waals surface area contributed by atoms with Crippen LogP contribution in [0.4, 0.5) is 5.13 Å². The highest BCUT2D eigenvalue weighted by molar-refractivity contribution is 7.15. The molecule has 0 fully saturated rings. The smallest absolute Gasteiger partial charge is 0.292 e. The first-order chi connectivity index (χ1) is 8.54. The van der Waals surface area contributed by atoms with Crippen LogP contribution in [0.1, 0.15) is 25.8 Å². The molecule has 7 heteroatoms. The molecule has 0 aliphatic carbocycles. The SMILES string of the molecule is CC(C)Cc1nnc(NC(=O)C2=NCC(C)N2)s1. The van der Waals surface area contributed by atoms with Crippen molar-refractivity contribution in [2.45, 2.75) is 33.2 Å². The van der Waals surface area contributed by atoms with Crippen LogP contribution in [0.25, 0.3) is 0 Å². The van der Waals surface area contributed by atoms with E-state index >= 15 is 0 Å². The minimum Gasteiger partial charge on any atom is -0.361 e. The lowest BCUT2D eigenvalue weighted by Crippen LogP contribution is -2.36. The zero-order valence-electron chi connectivity index (χ0n) is 10.7. The van der Waals surface area contributed by atoms with Crippen LogP contribution in [-0.4, -0.2) is 34.5 Å². The number of amidine groups is 1. The summed E-state index contributed by atoms with van der Waals surface area (Å²) < 4.78 is 0. The summed E-state index contributed by atoms with van der Waals surface area (Å²) in [5.41, 5.74) is 0. The summed E-state index contributed by atoms with van der Waals surface area (Å²) in [6, 6.07) is 0.219. The number of hydrogen-bond donors (Lipinski definition) is 2. The average Bonchev–Trinajstić information content (AvgIpc) is 2.87. The van der Waals surface area contributed by atoms with Gasteiger partial charge in [0.15, 0.2) is 5.84 Å². The molecular formula is C11H17N5OS. The predicted molar refractivity (Wildman–Crippen MR) is 72.0 cm³/mol. The Morgan fingerprint density at radius 3 is 2.94 bits per heavy atom. The van der Waals surface area contributed by atoms with E-state index in [1.165, 1.54) is 11.3 Å². The lowest BCUT2D eigenvalue weighted by atomic mass is 10.1. The molecule has 1 aromatic rings. The number of aromatic nitrogens is 2. The number of hydrogen-bond acceptors (Lipinski definition) is 6. The molecule has 0 saturated heterocycles. The van der Waals surface area contributed by atoms with Gasteiger partial charge < -0.3 is 5.32 Å². The van der Waals surface area contributed by atoms with Gasteiger partial charge in [-0.2, -0.15) is 0 Å². The van der Waals surface area contributed by atoms with E-state index in [2.05, 4.69) is 39.7 Å². The topological polar surface area (TPSA) is 79.3 Å². The Bertz CT molecular complexity index is 468. The van der Waals surface area contributed by atoms with E-state index in [0.29, 0.717) is 23.4 Å². The number of aliphatic imine (C=N–C) groups is 1. The number of nitrogens with zero attached hydrogens (tertiary/aromatic N) is 3. The van der Waals surface area contributed by atoms with Gasteiger partial charge in [0.1, 0.15) is 5.01 Å². The second-order valence-electron chi connectivity index (χ2n) is 4.79. The summed E-state index contributed by atoms with van der Waals surface area (Å²) in [5.74, 6) is 0.665. The largest absolute Gasteiger partial charge is 0.361 e. The third-order valence-electron chi connectivity index (χ3n) is 2.39. The molecule has 1 unspecified atom stereocenters. The van der Waals surface area contributed by atoms with Gasteiger partial charge in [0, 0.05) is 12.5 Å². The van der Waals surface area contributed by atoms with Crippen molar-refractivity contribution < 1.29 is 4.79 Å². The van der Waals surface area contributed by atoms with E-state index in [-0.39, 0.29) is 11.9 Å². The van der Waals surface area contributed by atoms with Crippen LogP contribution >= 0.6 is 11.3 Å². The summed E-state index contributed by atoms with van der Waals surface area (Å²) >= 11 is 1.41. The average molecular weight is 267 g/mol. The second-order valence-corrected chi connectivity index (χ2v) is 5.85. The van der Waals surface area contributed by atoms with Gasteiger partial charge in [-0.05, 0) is 12.8 Å². The molecule has 1 atom stereocenters. The number of anilines is 1. The summed E-state index contributed by atoms with van der Waals surface area (Å²) in [5, 5.41) is 15.2. The van der Waals surface area contributed by atoms with Crippen molar-refractivity contribution in [1.29, 1.82) is 0 Å². The van der Waals surface area contributed by atoms with Crippen LogP contribution in [0.2, 0.25) is 0 Å². The van der Waals surface area contributed by atoms with Crippen molar-refractivity contribution in [3.05, 3.63) is 5.01 Å². The van der Waals surface area contributed by atoms with Gasteiger partial charge in [-0.25, -0.2) is 0 Å². The van der Waals surface area contributed by atoms with Gasteiger partial charge in [0.05, 0.1) is 6.54 Å². The highest BCUT2D eigenvalue weighted by Crippen LogP contribution is 2.18. The van der Waals surface area contributed by atoms with Gasteiger partial charge in [-0.1, -0.05) is 25.2 Å². The molecule has 0 bridgehead atoms. The van der Waals surface area contributed by atoms with Crippen molar-refractivity contribution >= 4 is 28.2 Å². The van der Waals surface area contributed by atoms with Crippen molar-refractivity contribution in [3.63, 3.8) is 0 Å². The highest BCUT2D eigenvalue weighted by Gasteiger charge is 2.20. The number of rotatable bonds is 4. The Balaban J connectivity index is 1.93. The summed E-state index contributed by atoms with van der Waals surface area (Å²) in [6.07, 6.45) is 0.879. The number of amides is 1. The van der Waals surface area contributed by atoms with Crippen LogP contribution in [0, 0.1) is 5.92 Å². The maximum atomic E-state index is 11.8. The van der Waals surface area contributed by atoms with E-state index in [1.807, 2.05) is 6.92 Å². The third-order valence-corrected chi connectivity index (χ3v) is 3.25. The van der Waals surface area contributed by atoms with E-state index in [1.54, 1.807) is 0 Å². The maximum Gasteiger partial charge on any atom is 0.292 e. The van der Waals surface area contributed by atoms with Crippen LogP contribution < -0.4 is 10.6 Å². The van der Waals surface area contributed by atoms with Gasteiger partial charge in [0.25, 0.3) is 5.91 Å². The normalized spacial score (nSPS) is 18.7. The maximum absolute atomic E-state index is 11.8. The van der Waals surface area contributed by atoms with Crippen molar-refractivity contribution in [3.8, 4) is 0 Å². The first-order valence-corrected chi connectivity index (χ1v) is 6.81. The first kappa shape index (κ1) is 12.9. The van der Waals surface area contributed by atoms with Crippen LogP contribution in [0.3, 0.4) is 0 Å². The monoisotopic (exact) mass is 267 g/mol. The molecule has 1 aliphatic rings. The van der Waals surface area contributed by atoms with E-state index in [9.17, 15) is 4.79 Å². The molecule has 18 heavy (non-hydrogen) atoms. The van der Waals surface area contributed by atoms with Crippen LogP contribution in [-0.2, 0) is 11.2 Å². The molecule has 2 N–H and O–H groups in total. The van der Waals surface area contributed by atoms with E-state index in [0.717, 1.165) is 11.4 Å². The van der Waals surface area contributed by atoms with Gasteiger partial charge in [0.2, 0.25) is 5.13 Å². The lowest BCUT2D eigenvalue weighted by molar-refractivity contribution is -0.110. The van der Waals surface area contributed by atoms with Gasteiger partial charge in [-0.15, -0.1) is 10.2 Å². The molecule has 98 valence electrons. The molecule has 0 spiro atoms. The molecule has 0 radical (unpaired) electrons. The minimum atomic E-state index is -0.244. The standard InChI is InChI=1S/C11H17N5OS/c1-6(2)4-8-15-16-11(18-8)14-10(17)9-12-5-7(3)13-9/h6-7H,4-5H2,1-3H3,(H,12,13)(H,14,16,17). The molecule has 2 heterocycles. The third kappa shape index (κ3) is 3.25. The van der Waals surface area contributed by atoms with Crippen LogP contribution in [0.15, 0.2) is 4.99 Å². The minimum absolute atomic E-state index is 0.219. The Hall–Kier alpha value is -1.50. The number of nitrogens with one attached hydrogen (secondary N) is 2. The Labute approximate surface area is 110 Å². The zero-order valence-corrected chi connectivity index (χ0v) is 11.5. The fraction of sp³-hybridized carbons (Fsp3) is 0.636. The van der Waals surface area contributed by atoms with Crippen molar-refractivity contribution in [2.75, 3.05) is 11.9 Å². The highest BCUT2D eigenvalue weighted by atomic mass is 32.1. The molecule has 1 aromatic heterocycles. The fourth-order valence-electron chi connectivity index (χ4n) is 1.58. The van der Waals surface area contributed by atoms with E-state index in [4.69, 9.17) is 0 Å². The molecule has 6 nitrogen and oxygen atoms in total. The summed E-state index contributed by atoms with van der Waals surface area (Å²) in [6.45, 7) is 6.86. The zero-order chi connectivity index (χ0) is 13.1. The molecule has 1 aliphatic heterocycles. The Kier molecular flexibility index (Phi) is 3.90. The van der Waals surface area contributed by atoms with E-state index < -0.39 is 0 Å². The molecular weight excluding hydrogens is 250 g/mol. The van der Waals surface area contributed by atoms with Crippen molar-refractivity contribution in [1.82, 2.24) is 15.5 Å². The Morgan fingerprint density at radius 1 is 1.56 bits per heavy atom. The van der Waals surface area contributed by atoms with Gasteiger partial charge >= 0.3 is 0 Å². The Morgan fingerprint density at radius 2 is 2.33 bits per heavy atom. The molecule has 0 aromatic carbocycles. The molecule has 1 amide bonds. The summed E-state index contributed by atoms with van der Waals surface area (Å²) in [4.78, 5) is 15.9. The number of carbonyl (C=O) groups excluding carboxylic acids is 1. The molecule has 0 saturated carbocycles. The van der Waals surface area contributed by atoms with Crippen molar-refractivity contribution in [2.24, 2.45) is 10.9 Å². The lowest BCUT2D eigenvalue weighted by Gasteiger charge is -2.04. The predicted octanol–water partition coefficient (Wildman–Crippen LogP) is 1.07. The van der Waals surface area contributed by atoms with Crippen LogP contribution in [0.5, 0.6) is 0 Å². The van der Waals surface area contributed by atoms with Gasteiger partial charge in [-0.3, -0.25) is 15.1 Å². The molecule has 2 rings (SSSR count). The fourth-order valence-corrected chi connectivity index (χ4v) is 2.53. The summed E-state index contributed by atoms with van der Waals surface area (Å²) in [7, 11) is 0.